The molecule has 0 aliphatic heterocycles. The van der Waals surface area contributed by atoms with Crippen molar-refractivity contribution < 1.29 is 13.5 Å². The van der Waals surface area contributed by atoms with E-state index in [1.54, 1.807) is 0 Å². The fraction of sp³-hybridized carbons (Fsp3) is 0.455. The van der Waals surface area contributed by atoms with Crippen LogP contribution in [0.2, 0.25) is 0 Å². The van der Waals surface area contributed by atoms with Gasteiger partial charge < -0.3 is 4.74 Å². The Morgan fingerprint density at radius 1 is 1.14 bits per heavy atom. The Kier molecular flexibility index (Phi) is 3.86. The van der Waals surface area contributed by atoms with Crippen LogP contribution in [-0.4, -0.2) is 6.10 Å². The smallest absolute Gasteiger partial charge is 0.162 e. The molecule has 14 heavy (non-hydrogen) atoms. The first-order chi connectivity index (χ1) is 6.67. The standard InChI is InChI=1S/C11H14F2O/c1-3-8(4-2)14-9-5-6-10(12)11(13)7-9/h5-8H,3-4H2,1-2H3. The van der Waals surface area contributed by atoms with Crippen molar-refractivity contribution in [2.75, 3.05) is 0 Å². The average molecular weight is 200 g/mol. The molecule has 1 aromatic carbocycles. The third kappa shape index (κ3) is 2.69. The molecule has 0 N–H and O–H groups in total. The lowest BCUT2D eigenvalue weighted by Gasteiger charge is -2.15. The summed E-state index contributed by atoms with van der Waals surface area (Å²) in [6.45, 7) is 3.99. The summed E-state index contributed by atoms with van der Waals surface area (Å²) in [6, 6.07) is 3.59. The maximum absolute atomic E-state index is 12.8. The molecule has 0 fully saturated rings. The van der Waals surface area contributed by atoms with Gasteiger partial charge in [0.15, 0.2) is 11.6 Å². The molecule has 0 aliphatic carbocycles. The van der Waals surface area contributed by atoms with Crippen LogP contribution in [0.1, 0.15) is 26.7 Å². The maximum Gasteiger partial charge on any atom is 0.162 e. The van der Waals surface area contributed by atoms with Crippen LogP contribution in [0.5, 0.6) is 5.75 Å². The monoisotopic (exact) mass is 200 g/mol. The van der Waals surface area contributed by atoms with Crippen molar-refractivity contribution in [2.24, 2.45) is 0 Å². The highest BCUT2D eigenvalue weighted by Gasteiger charge is 2.07. The topological polar surface area (TPSA) is 9.23 Å². The molecule has 0 unspecified atom stereocenters. The lowest BCUT2D eigenvalue weighted by atomic mass is 10.2. The number of hydrogen-bond donors (Lipinski definition) is 0. The summed E-state index contributed by atoms with van der Waals surface area (Å²) in [4.78, 5) is 0. The van der Waals surface area contributed by atoms with Gasteiger partial charge in [0.1, 0.15) is 5.75 Å². The second kappa shape index (κ2) is 4.94. The van der Waals surface area contributed by atoms with Gasteiger partial charge in [0.2, 0.25) is 0 Å². The van der Waals surface area contributed by atoms with Crippen LogP contribution < -0.4 is 4.74 Å². The van der Waals surface area contributed by atoms with Crippen molar-refractivity contribution in [2.45, 2.75) is 32.8 Å². The van der Waals surface area contributed by atoms with Crippen LogP contribution in [0.15, 0.2) is 18.2 Å². The number of ether oxygens (including phenoxy) is 1. The molecule has 0 saturated carbocycles. The summed E-state index contributed by atoms with van der Waals surface area (Å²) >= 11 is 0. The van der Waals surface area contributed by atoms with Crippen LogP contribution in [0.3, 0.4) is 0 Å². The molecule has 0 radical (unpaired) electrons. The van der Waals surface area contributed by atoms with Gasteiger partial charge in [-0.1, -0.05) is 13.8 Å². The summed E-state index contributed by atoms with van der Waals surface area (Å²) in [6.07, 6.45) is 1.78. The van der Waals surface area contributed by atoms with E-state index in [9.17, 15) is 8.78 Å². The van der Waals surface area contributed by atoms with Crippen LogP contribution in [0.4, 0.5) is 8.78 Å². The Balaban J connectivity index is 2.72. The predicted molar refractivity (Wildman–Crippen MR) is 51.4 cm³/mol. The summed E-state index contributed by atoms with van der Waals surface area (Å²) in [5.74, 6) is -1.33. The first kappa shape index (κ1) is 11.0. The van der Waals surface area contributed by atoms with Gasteiger partial charge in [-0.2, -0.15) is 0 Å². The van der Waals surface area contributed by atoms with Gasteiger partial charge in [-0.3, -0.25) is 0 Å². The number of halogens is 2. The van der Waals surface area contributed by atoms with E-state index in [1.165, 1.54) is 6.07 Å². The summed E-state index contributed by atoms with van der Waals surface area (Å²) < 4.78 is 30.8. The zero-order chi connectivity index (χ0) is 10.6. The minimum atomic E-state index is -0.867. The van der Waals surface area contributed by atoms with E-state index in [1.807, 2.05) is 13.8 Å². The van der Waals surface area contributed by atoms with E-state index in [2.05, 4.69) is 0 Å². The Labute approximate surface area is 82.7 Å². The van der Waals surface area contributed by atoms with Crippen LogP contribution in [0, 0.1) is 11.6 Å². The van der Waals surface area contributed by atoms with E-state index in [-0.39, 0.29) is 6.10 Å². The zero-order valence-corrected chi connectivity index (χ0v) is 8.39. The van der Waals surface area contributed by atoms with Gasteiger partial charge in [-0.15, -0.1) is 0 Å². The van der Waals surface area contributed by atoms with Gasteiger partial charge in [0, 0.05) is 6.07 Å². The number of benzene rings is 1. The molecule has 0 aliphatic rings. The molecule has 0 bridgehead atoms. The average Bonchev–Trinajstić information content (AvgIpc) is 2.19. The fourth-order valence-electron chi connectivity index (χ4n) is 1.20. The van der Waals surface area contributed by atoms with Crippen molar-refractivity contribution >= 4 is 0 Å². The Morgan fingerprint density at radius 2 is 1.79 bits per heavy atom. The summed E-state index contributed by atoms with van der Waals surface area (Å²) in [5.41, 5.74) is 0. The zero-order valence-electron chi connectivity index (χ0n) is 8.39. The lowest BCUT2D eigenvalue weighted by Crippen LogP contribution is -2.13. The highest BCUT2D eigenvalue weighted by molar-refractivity contribution is 5.23. The highest BCUT2D eigenvalue weighted by atomic mass is 19.2. The third-order valence-corrected chi connectivity index (χ3v) is 2.10. The molecule has 0 spiro atoms. The van der Waals surface area contributed by atoms with Crippen molar-refractivity contribution in [3.8, 4) is 5.75 Å². The van der Waals surface area contributed by atoms with Crippen LogP contribution in [0.25, 0.3) is 0 Å². The molecule has 3 heteroatoms. The normalized spacial score (nSPS) is 10.6. The van der Waals surface area contributed by atoms with Gasteiger partial charge in [0.05, 0.1) is 6.10 Å². The van der Waals surface area contributed by atoms with Crippen molar-refractivity contribution in [1.29, 1.82) is 0 Å². The minimum Gasteiger partial charge on any atom is -0.490 e. The molecule has 78 valence electrons. The molecular weight excluding hydrogens is 186 g/mol. The summed E-state index contributed by atoms with van der Waals surface area (Å²) in [7, 11) is 0. The predicted octanol–water partition coefficient (Wildman–Crippen LogP) is 3.53. The molecule has 0 heterocycles. The molecular formula is C11H14F2O. The Bertz CT molecular complexity index is 295. The molecule has 1 nitrogen and oxygen atoms in total. The molecule has 0 amide bonds. The molecule has 0 aromatic heterocycles. The van der Waals surface area contributed by atoms with Gasteiger partial charge in [0.25, 0.3) is 0 Å². The first-order valence-electron chi connectivity index (χ1n) is 4.79. The molecule has 0 saturated heterocycles. The van der Waals surface area contributed by atoms with Gasteiger partial charge in [-0.25, -0.2) is 8.78 Å². The van der Waals surface area contributed by atoms with E-state index in [0.29, 0.717) is 5.75 Å². The quantitative estimate of drug-likeness (QED) is 0.722. The van der Waals surface area contributed by atoms with E-state index in [0.717, 1.165) is 25.0 Å². The first-order valence-corrected chi connectivity index (χ1v) is 4.79. The van der Waals surface area contributed by atoms with Crippen molar-refractivity contribution in [3.05, 3.63) is 29.8 Å². The van der Waals surface area contributed by atoms with E-state index in [4.69, 9.17) is 4.74 Å². The van der Waals surface area contributed by atoms with Crippen LogP contribution in [-0.2, 0) is 0 Å². The molecule has 0 atom stereocenters. The Hall–Kier alpha value is -1.12. The van der Waals surface area contributed by atoms with E-state index < -0.39 is 11.6 Å². The second-order valence-corrected chi connectivity index (χ2v) is 3.13. The largest absolute Gasteiger partial charge is 0.490 e. The fourth-order valence-corrected chi connectivity index (χ4v) is 1.20. The third-order valence-electron chi connectivity index (χ3n) is 2.10. The number of hydrogen-bond acceptors (Lipinski definition) is 1. The molecule has 1 aromatic rings. The maximum atomic E-state index is 12.8. The minimum absolute atomic E-state index is 0.0693. The highest BCUT2D eigenvalue weighted by Crippen LogP contribution is 2.18. The van der Waals surface area contributed by atoms with Crippen molar-refractivity contribution in [1.82, 2.24) is 0 Å². The summed E-state index contributed by atoms with van der Waals surface area (Å²) in [5, 5.41) is 0. The number of rotatable bonds is 4. The Morgan fingerprint density at radius 3 is 2.29 bits per heavy atom. The van der Waals surface area contributed by atoms with Crippen LogP contribution >= 0.6 is 0 Å². The molecule has 1 rings (SSSR count). The second-order valence-electron chi connectivity index (χ2n) is 3.13. The lowest BCUT2D eigenvalue weighted by molar-refractivity contribution is 0.191. The van der Waals surface area contributed by atoms with E-state index >= 15 is 0 Å². The van der Waals surface area contributed by atoms with Gasteiger partial charge >= 0.3 is 0 Å². The van der Waals surface area contributed by atoms with Gasteiger partial charge in [-0.05, 0) is 25.0 Å². The van der Waals surface area contributed by atoms with Crippen molar-refractivity contribution in [3.63, 3.8) is 0 Å². The SMILES string of the molecule is CCC(CC)Oc1ccc(F)c(F)c1.